The van der Waals surface area contributed by atoms with Gasteiger partial charge in [0.05, 0.1) is 20.8 Å². The summed E-state index contributed by atoms with van der Waals surface area (Å²) in [6.45, 7) is 2.84. The van der Waals surface area contributed by atoms with Crippen LogP contribution in [0.3, 0.4) is 0 Å². The van der Waals surface area contributed by atoms with E-state index in [2.05, 4.69) is 0 Å². The maximum Gasteiger partial charge on any atom is 0.220 e. The van der Waals surface area contributed by atoms with E-state index in [1.807, 2.05) is 12.1 Å². The van der Waals surface area contributed by atoms with Gasteiger partial charge in [-0.3, -0.25) is 4.79 Å². The second kappa shape index (κ2) is 4.04. The molecule has 0 unspecified atom stereocenters. The van der Waals surface area contributed by atoms with Crippen LogP contribution in [0.4, 0.5) is 0 Å². The quantitative estimate of drug-likeness (QED) is 0.760. The number of hydrogen-bond acceptors (Lipinski definition) is 3. The average Bonchev–Trinajstić information content (AvgIpc) is 2.71. The number of nitrogens with zero attached hydrogens (tertiary/aromatic N) is 1. The van der Waals surface area contributed by atoms with Gasteiger partial charge in [0.25, 0.3) is 0 Å². The Balaban J connectivity index is 2.41. The zero-order valence-electron chi connectivity index (χ0n) is 9.74. The summed E-state index contributed by atoms with van der Waals surface area (Å²) < 4.78 is 10.6. The van der Waals surface area contributed by atoms with Crippen molar-refractivity contribution in [2.75, 3.05) is 14.2 Å². The van der Waals surface area contributed by atoms with Crippen LogP contribution in [0.5, 0.6) is 11.5 Å². The number of methoxy groups -OCH3 is 2. The summed E-state index contributed by atoms with van der Waals surface area (Å²) >= 11 is 0. The number of amides is 1. The van der Waals surface area contributed by atoms with E-state index >= 15 is 0 Å². The van der Waals surface area contributed by atoms with Crippen molar-refractivity contribution in [1.82, 2.24) is 4.90 Å². The summed E-state index contributed by atoms with van der Waals surface area (Å²) in [5.74, 6) is 1.53. The molecule has 1 amide bonds. The van der Waals surface area contributed by atoms with Gasteiger partial charge in [0.15, 0.2) is 11.5 Å². The van der Waals surface area contributed by atoms with E-state index in [0.29, 0.717) is 18.8 Å². The van der Waals surface area contributed by atoms with Crippen molar-refractivity contribution in [3.05, 3.63) is 23.3 Å². The first-order valence-corrected chi connectivity index (χ1v) is 5.15. The summed E-state index contributed by atoms with van der Waals surface area (Å²) in [6.07, 6.45) is 0. The van der Waals surface area contributed by atoms with Gasteiger partial charge in [-0.15, -0.1) is 0 Å². The fourth-order valence-corrected chi connectivity index (χ4v) is 2.03. The van der Waals surface area contributed by atoms with Crippen LogP contribution in [0.1, 0.15) is 18.1 Å². The highest BCUT2D eigenvalue weighted by Crippen LogP contribution is 2.38. The maximum atomic E-state index is 11.3. The highest BCUT2D eigenvalue weighted by Gasteiger charge is 2.25. The molecule has 0 bridgehead atoms. The Hall–Kier alpha value is -1.71. The minimum Gasteiger partial charge on any atom is -0.493 e. The molecule has 0 aromatic heterocycles. The van der Waals surface area contributed by atoms with Gasteiger partial charge in [0.2, 0.25) is 5.91 Å². The first kappa shape index (κ1) is 10.8. The van der Waals surface area contributed by atoms with Gasteiger partial charge in [-0.1, -0.05) is 6.07 Å². The summed E-state index contributed by atoms with van der Waals surface area (Å²) in [5, 5.41) is 0. The molecule has 4 heteroatoms. The minimum absolute atomic E-state index is 0.0808. The third-order valence-electron chi connectivity index (χ3n) is 2.90. The molecule has 0 radical (unpaired) electrons. The molecular weight excluding hydrogens is 206 g/mol. The topological polar surface area (TPSA) is 38.8 Å². The number of carbonyl (C=O) groups excluding carboxylic acids is 1. The van der Waals surface area contributed by atoms with Gasteiger partial charge in [-0.05, 0) is 11.6 Å². The lowest BCUT2D eigenvalue weighted by Crippen LogP contribution is -2.21. The average molecular weight is 221 g/mol. The lowest BCUT2D eigenvalue weighted by Gasteiger charge is -2.12. The lowest BCUT2D eigenvalue weighted by molar-refractivity contribution is -0.129. The Morgan fingerprint density at radius 1 is 1.25 bits per heavy atom. The molecule has 0 fully saturated rings. The second-order valence-electron chi connectivity index (χ2n) is 3.81. The number of hydrogen-bond donors (Lipinski definition) is 0. The van der Waals surface area contributed by atoms with E-state index in [9.17, 15) is 4.79 Å². The molecule has 0 aliphatic carbocycles. The molecule has 0 N–H and O–H groups in total. The molecule has 4 nitrogen and oxygen atoms in total. The van der Waals surface area contributed by atoms with E-state index in [-0.39, 0.29) is 5.91 Å². The van der Waals surface area contributed by atoms with Crippen LogP contribution >= 0.6 is 0 Å². The van der Waals surface area contributed by atoms with E-state index < -0.39 is 0 Å². The van der Waals surface area contributed by atoms with Crippen molar-refractivity contribution in [2.24, 2.45) is 0 Å². The van der Waals surface area contributed by atoms with Crippen LogP contribution in [0.15, 0.2) is 12.1 Å². The van der Waals surface area contributed by atoms with Gasteiger partial charge in [0, 0.05) is 19.0 Å². The molecule has 0 saturated heterocycles. The van der Waals surface area contributed by atoms with Gasteiger partial charge < -0.3 is 14.4 Å². The SMILES string of the molecule is COc1ccc2c(c1OC)CN(C(C)=O)C2. The molecule has 0 atom stereocenters. The Kier molecular flexibility index (Phi) is 2.73. The van der Waals surface area contributed by atoms with E-state index in [1.165, 1.54) is 0 Å². The zero-order valence-corrected chi connectivity index (χ0v) is 9.74. The fourth-order valence-electron chi connectivity index (χ4n) is 2.03. The molecular formula is C12H15NO3. The monoisotopic (exact) mass is 221 g/mol. The molecule has 2 rings (SSSR count). The van der Waals surface area contributed by atoms with Crippen LogP contribution in [0.25, 0.3) is 0 Å². The standard InChI is InChI=1S/C12H15NO3/c1-8(14)13-6-9-4-5-11(15-2)12(16-3)10(9)7-13/h4-5H,6-7H2,1-3H3. The third kappa shape index (κ3) is 1.60. The molecule has 1 aliphatic heterocycles. The Labute approximate surface area is 94.8 Å². The molecule has 0 saturated carbocycles. The van der Waals surface area contributed by atoms with Crippen LogP contribution < -0.4 is 9.47 Å². The number of rotatable bonds is 2. The van der Waals surface area contributed by atoms with Crippen molar-refractivity contribution in [3.8, 4) is 11.5 Å². The molecule has 1 aromatic carbocycles. The van der Waals surface area contributed by atoms with E-state index in [0.717, 1.165) is 16.9 Å². The Morgan fingerprint density at radius 3 is 2.56 bits per heavy atom. The Morgan fingerprint density at radius 2 is 2.00 bits per heavy atom. The third-order valence-corrected chi connectivity index (χ3v) is 2.90. The summed E-state index contributed by atoms with van der Waals surface area (Å²) in [6, 6.07) is 3.86. The number of carbonyl (C=O) groups is 1. The van der Waals surface area contributed by atoms with Gasteiger partial charge in [0.1, 0.15) is 0 Å². The predicted octanol–water partition coefficient (Wildman–Crippen LogP) is 1.57. The fraction of sp³-hybridized carbons (Fsp3) is 0.417. The minimum atomic E-state index is 0.0808. The van der Waals surface area contributed by atoms with Gasteiger partial charge in [-0.25, -0.2) is 0 Å². The van der Waals surface area contributed by atoms with Crippen molar-refractivity contribution in [3.63, 3.8) is 0 Å². The van der Waals surface area contributed by atoms with Gasteiger partial charge in [-0.2, -0.15) is 0 Å². The van der Waals surface area contributed by atoms with Crippen LogP contribution in [-0.4, -0.2) is 25.0 Å². The van der Waals surface area contributed by atoms with Gasteiger partial charge >= 0.3 is 0 Å². The first-order chi connectivity index (χ1) is 7.67. The molecule has 16 heavy (non-hydrogen) atoms. The van der Waals surface area contributed by atoms with Crippen LogP contribution in [0, 0.1) is 0 Å². The summed E-state index contributed by atoms with van der Waals surface area (Å²) in [5.41, 5.74) is 2.19. The maximum absolute atomic E-state index is 11.3. The number of ether oxygens (including phenoxy) is 2. The van der Waals surface area contributed by atoms with Crippen LogP contribution in [0.2, 0.25) is 0 Å². The number of benzene rings is 1. The smallest absolute Gasteiger partial charge is 0.220 e. The largest absolute Gasteiger partial charge is 0.493 e. The van der Waals surface area contributed by atoms with Crippen molar-refractivity contribution in [1.29, 1.82) is 0 Å². The molecule has 1 aliphatic rings. The molecule has 1 aromatic rings. The lowest BCUT2D eigenvalue weighted by atomic mass is 10.1. The molecule has 1 heterocycles. The summed E-state index contributed by atoms with van der Waals surface area (Å²) in [7, 11) is 3.23. The molecule has 86 valence electrons. The van der Waals surface area contributed by atoms with Crippen molar-refractivity contribution >= 4 is 5.91 Å². The highest BCUT2D eigenvalue weighted by atomic mass is 16.5. The van der Waals surface area contributed by atoms with Crippen molar-refractivity contribution < 1.29 is 14.3 Å². The van der Waals surface area contributed by atoms with Crippen molar-refractivity contribution in [2.45, 2.75) is 20.0 Å². The normalized spacial score (nSPS) is 13.6. The zero-order chi connectivity index (χ0) is 11.7. The van der Waals surface area contributed by atoms with Crippen LogP contribution in [-0.2, 0) is 17.9 Å². The summed E-state index contributed by atoms with van der Waals surface area (Å²) in [4.78, 5) is 13.1. The number of fused-ring (bicyclic) bond motifs is 1. The van der Waals surface area contributed by atoms with E-state index in [1.54, 1.807) is 26.0 Å². The Bertz CT molecular complexity index is 429. The predicted molar refractivity (Wildman–Crippen MR) is 59.5 cm³/mol. The van der Waals surface area contributed by atoms with E-state index in [4.69, 9.17) is 9.47 Å². The highest BCUT2D eigenvalue weighted by molar-refractivity contribution is 5.74. The first-order valence-electron chi connectivity index (χ1n) is 5.15. The second-order valence-corrected chi connectivity index (χ2v) is 3.81. The molecule has 0 spiro atoms.